The van der Waals surface area contributed by atoms with Gasteiger partial charge in [0.15, 0.2) is 6.29 Å². The number of rotatable bonds is 7. The molecule has 9 heteroatoms. The van der Waals surface area contributed by atoms with Gasteiger partial charge in [-0.05, 0) is 25.0 Å². The quantitative estimate of drug-likeness (QED) is 0.601. The molecule has 0 aliphatic carbocycles. The largest absolute Gasteiger partial charge is 0.481 e. The Morgan fingerprint density at radius 1 is 1.28 bits per heavy atom. The third-order valence-electron chi connectivity index (χ3n) is 4.53. The number of aromatic nitrogens is 1. The Morgan fingerprint density at radius 3 is 2.66 bits per heavy atom. The van der Waals surface area contributed by atoms with Crippen molar-refractivity contribution in [2.24, 2.45) is 5.92 Å². The number of thiazole rings is 1. The summed E-state index contributed by atoms with van der Waals surface area (Å²) in [5.74, 6) is -0.858. The lowest BCUT2D eigenvalue weighted by Gasteiger charge is -2.36. The molecule has 1 saturated heterocycles. The van der Waals surface area contributed by atoms with E-state index in [0.29, 0.717) is 25.0 Å². The van der Waals surface area contributed by atoms with Crippen molar-refractivity contribution in [3.63, 3.8) is 0 Å². The van der Waals surface area contributed by atoms with Crippen LogP contribution in [-0.4, -0.2) is 22.7 Å². The van der Waals surface area contributed by atoms with Gasteiger partial charge in [0.25, 0.3) is 0 Å². The van der Waals surface area contributed by atoms with E-state index in [2.05, 4.69) is 4.98 Å². The predicted molar refractivity (Wildman–Crippen MR) is 100 cm³/mol. The summed E-state index contributed by atoms with van der Waals surface area (Å²) in [6.07, 6.45) is 1.12. The lowest BCUT2D eigenvalue weighted by Crippen LogP contribution is -2.30. The molecule has 29 heavy (non-hydrogen) atoms. The molecule has 1 aromatic carbocycles. The molecule has 3 unspecified atom stereocenters. The molecule has 1 aliphatic rings. The van der Waals surface area contributed by atoms with Gasteiger partial charge < -0.3 is 14.6 Å². The van der Waals surface area contributed by atoms with Crippen LogP contribution in [0.5, 0.6) is 0 Å². The van der Waals surface area contributed by atoms with E-state index >= 15 is 0 Å². The Bertz CT molecular complexity index is 821. The average Bonchev–Trinajstić information content (AvgIpc) is 3.22. The summed E-state index contributed by atoms with van der Waals surface area (Å²) in [5.41, 5.74) is 1.49. The first-order valence-corrected chi connectivity index (χ1v) is 9.92. The number of carboxylic acids is 1. The van der Waals surface area contributed by atoms with Crippen molar-refractivity contribution in [3.8, 4) is 0 Å². The number of aliphatic carboxylic acids is 1. The lowest BCUT2D eigenvalue weighted by atomic mass is 9.96. The number of nitrogens with zero attached hydrogens (tertiary/aromatic N) is 1. The maximum atomic E-state index is 12.8. The molecular weight excluding hydrogens is 407 g/mol. The smallest absolute Gasteiger partial charge is 0.416 e. The molecule has 1 aliphatic heterocycles. The predicted octanol–water partition coefficient (Wildman–Crippen LogP) is 5.38. The van der Waals surface area contributed by atoms with Gasteiger partial charge in [0.1, 0.15) is 6.10 Å². The molecule has 0 radical (unpaired) electrons. The van der Waals surface area contributed by atoms with Crippen molar-refractivity contribution >= 4 is 17.3 Å². The van der Waals surface area contributed by atoms with Gasteiger partial charge in [0.2, 0.25) is 0 Å². The summed E-state index contributed by atoms with van der Waals surface area (Å²) in [5, 5.41) is 8.69. The van der Waals surface area contributed by atoms with Gasteiger partial charge in [-0.3, -0.25) is 9.78 Å². The Morgan fingerprint density at radius 2 is 2.03 bits per heavy atom. The zero-order valence-electron chi connectivity index (χ0n) is 15.3. The van der Waals surface area contributed by atoms with Crippen LogP contribution in [0.2, 0.25) is 0 Å². The Labute approximate surface area is 169 Å². The van der Waals surface area contributed by atoms with Crippen molar-refractivity contribution in [1.29, 1.82) is 0 Å². The molecule has 1 N–H and O–H groups in total. The molecule has 0 saturated carbocycles. The summed E-state index contributed by atoms with van der Waals surface area (Å²) in [6.45, 7) is 0.359. The van der Waals surface area contributed by atoms with Crippen LogP contribution in [0.1, 0.15) is 47.7 Å². The monoisotopic (exact) mass is 427 g/mol. The minimum Gasteiger partial charge on any atom is -0.481 e. The van der Waals surface area contributed by atoms with Gasteiger partial charge in [-0.15, -0.1) is 11.3 Å². The molecular formula is C20H20F3NO4S. The number of carboxylic acid groups (broad SMARTS) is 1. The van der Waals surface area contributed by atoms with Crippen molar-refractivity contribution in [2.45, 2.75) is 37.8 Å². The van der Waals surface area contributed by atoms with Gasteiger partial charge in [0, 0.05) is 24.1 Å². The SMILES string of the molecule is O=C(O)CC/C=C\CC1COC(c2ccc(C(F)(F)F)cc2)OC1c1cncs1. The van der Waals surface area contributed by atoms with Crippen LogP contribution in [0.15, 0.2) is 48.1 Å². The molecule has 2 heterocycles. The zero-order chi connectivity index (χ0) is 20.9. The first kappa shape index (κ1) is 21.5. The minimum atomic E-state index is -4.39. The Hall–Kier alpha value is -2.23. The van der Waals surface area contributed by atoms with Crippen LogP contribution in [0, 0.1) is 5.92 Å². The second-order valence-corrected chi connectivity index (χ2v) is 7.56. The number of hydrogen-bond acceptors (Lipinski definition) is 5. The molecule has 5 nitrogen and oxygen atoms in total. The fourth-order valence-electron chi connectivity index (χ4n) is 3.04. The molecule has 156 valence electrons. The van der Waals surface area contributed by atoms with E-state index in [-0.39, 0.29) is 18.4 Å². The Kier molecular flexibility index (Phi) is 7.05. The summed E-state index contributed by atoms with van der Waals surface area (Å²) < 4.78 is 50.2. The maximum absolute atomic E-state index is 12.8. The molecule has 1 fully saturated rings. The lowest BCUT2D eigenvalue weighted by molar-refractivity contribution is -0.243. The van der Waals surface area contributed by atoms with Gasteiger partial charge in [-0.25, -0.2) is 0 Å². The molecule has 0 spiro atoms. The zero-order valence-corrected chi connectivity index (χ0v) is 16.2. The summed E-state index contributed by atoms with van der Waals surface area (Å²) >= 11 is 1.44. The third kappa shape index (κ3) is 5.88. The molecule has 3 rings (SSSR count). The third-order valence-corrected chi connectivity index (χ3v) is 5.37. The fourth-order valence-corrected chi connectivity index (χ4v) is 3.79. The summed E-state index contributed by atoms with van der Waals surface area (Å²) in [4.78, 5) is 15.6. The van der Waals surface area contributed by atoms with Crippen LogP contribution in [-0.2, 0) is 20.4 Å². The van der Waals surface area contributed by atoms with E-state index in [9.17, 15) is 18.0 Å². The summed E-state index contributed by atoms with van der Waals surface area (Å²) in [6, 6.07) is 4.76. The fraction of sp³-hybridized carbons (Fsp3) is 0.400. The highest BCUT2D eigenvalue weighted by Crippen LogP contribution is 2.41. The highest BCUT2D eigenvalue weighted by Gasteiger charge is 2.35. The molecule has 2 aromatic rings. The standard InChI is InChI=1S/C20H20F3NO4S/c21-20(22,23)15-8-6-13(7-9-15)19-27-11-14(4-2-1-3-5-17(25)26)18(28-19)16-10-24-12-29-16/h1-2,6-10,12,14,18-19H,3-5,11H2,(H,25,26)/b2-1-. The number of alkyl halides is 3. The second kappa shape index (κ2) is 9.51. The highest BCUT2D eigenvalue weighted by atomic mass is 32.1. The van der Waals surface area contributed by atoms with E-state index in [1.54, 1.807) is 11.7 Å². The number of carbonyl (C=O) groups is 1. The van der Waals surface area contributed by atoms with Crippen molar-refractivity contribution in [2.75, 3.05) is 6.61 Å². The second-order valence-electron chi connectivity index (χ2n) is 6.65. The first-order chi connectivity index (χ1) is 13.8. The summed E-state index contributed by atoms with van der Waals surface area (Å²) in [7, 11) is 0. The Balaban J connectivity index is 1.68. The van der Waals surface area contributed by atoms with Crippen LogP contribution in [0.4, 0.5) is 13.2 Å². The first-order valence-electron chi connectivity index (χ1n) is 9.04. The van der Waals surface area contributed by atoms with Gasteiger partial charge >= 0.3 is 12.1 Å². The minimum absolute atomic E-state index is 0.0118. The van der Waals surface area contributed by atoms with E-state index in [1.807, 2.05) is 12.2 Å². The van der Waals surface area contributed by atoms with Crippen LogP contribution in [0.25, 0.3) is 0 Å². The molecule has 3 atom stereocenters. The van der Waals surface area contributed by atoms with Gasteiger partial charge in [0.05, 0.1) is 22.6 Å². The topological polar surface area (TPSA) is 68.7 Å². The van der Waals surface area contributed by atoms with E-state index < -0.39 is 24.0 Å². The molecule has 0 amide bonds. The van der Waals surface area contributed by atoms with Crippen molar-refractivity contribution in [3.05, 3.63) is 64.1 Å². The number of hydrogen-bond donors (Lipinski definition) is 1. The van der Waals surface area contributed by atoms with Crippen LogP contribution < -0.4 is 0 Å². The van der Waals surface area contributed by atoms with Gasteiger partial charge in [-0.2, -0.15) is 13.2 Å². The highest BCUT2D eigenvalue weighted by molar-refractivity contribution is 7.09. The van der Waals surface area contributed by atoms with Gasteiger partial charge in [-0.1, -0.05) is 24.3 Å². The molecule has 1 aromatic heterocycles. The van der Waals surface area contributed by atoms with Crippen LogP contribution in [0.3, 0.4) is 0 Å². The van der Waals surface area contributed by atoms with Crippen molar-refractivity contribution < 1.29 is 32.5 Å². The van der Waals surface area contributed by atoms with E-state index in [0.717, 1.165) is 17.0 Å². The van der Waals surface area contributed by atoms with Crippen LogP contribution >= 0.6 is 11.3 Å². The number of benzene rings is 1. The average molecular weight is 427 g/mol. The normalized spacial score (nSPS) is 22.8. The molecule has 0 bridgehead atoms. The number of halogens is 3. The van der Waals surface area contributed by atoms with E-state index in [1.165, 1.54) is 23.5 Å². The number of allylic oxidation sites excluding steroid dienone is 2. The number of ether oxygens (including phenoxy) is 2. The maximum Gasteiger partial charge on any atom is 0.416 e. The van der Waals surface area contributed by atoms with E-state index in [4.69, 9.17) is 14.6 Å². The van der Waals surface area contributed by atoms with Crippen molar-refractivity contribution in [1.82, 2.24) is 4.98 Å².